The molecule has 0 aliphatic rings. The lowest BCUT2D eigenvalue weighted by Crippen LogP contribution is -2.03. The Kier molecular flexibility index (Phi) is 5.06. The predicted octanol–water partition coefficient (Wildman–Crippen LogP) is 5.07. The Morgan fingerprint density at radius 1 is 1.05 bits per heavy atom. The van der Waals surface area contributed by atoms with E-state index in [2.05, 4.69) is 15.9 Å². The van der Waals surface area contributed by atoms with Gasteiger partial charge in [0.2, 0.25) is 0 Å². The molecule has 0 heterocycles. The van der Waals surface area contributed by atoms with Crippen LogP contribution in [0.1, 0.15) is 16.5 Å². The van der Waals surface area contributed by atoms with Crippen LogP contribution in [-0.4, -0.2) is 14.2 Å². The van der Waals surface area contributed by atoms with Gasteiger partial charge in [-0.25, -0.2) is 8.78 Å². The van der Waals surface area contributed by atoms with Gasteiger partial charge in [0.1, 0.15) is 11.6 Å². The number of hydrogen-bond acceptors (Lipinski definition) is 2. The highest BCUT2D eigenvalue weighted by atomic mass is 79.9. The molecule has 0 fully saturated rings. The van der Waals surface area contributed by atoms with E-state index in [0.717, 1.165) is 0 Å². The first-order valence-corrected chi connectivity index (χ1v) is 7.22. The van der Waals surface area contributed by atoms with Crippen LogP contribution in [0.5, 0.6) is 11.5 Å². The minimum absolute atomic E-state index is 0.202. The van der Waals surface area contributed by atoms with E-state index in [9.17, 15) is 8.78 Å². The molecule has 0 amide bonds. The number of benzene rings is 2. The quantitative estimate of drug-likeness (QED) is 0.692. The molecule has 0 spiro atoms. The Balaban J connectivity index is 2.56. The van der Waals surface area contributed by atoms with Gasteiger partial charge in [-0.15, -0.1) is 11.6 Å². The molecule has 0 saturated carbocycles. The second-order valence-corrected chi connectivity index (χ2v) is 5.52. The third kappa shape index (κ3) is 3.14. The number of ether oxygens (including phenoxy) is 2. The van der Waals surface area contributed by atoms with Gasteiger partial charge < -0.3 is 9.47 Å². The molecule has 0 bridgehead atoms. The highest BCUT2D eigenvalue weighted by Crippen LogP contribution is 2.41. The first kappa shape index (κ1) is 16.0. The number of hydrogen-bond donors (Lipinski definition) is 0. The van der Waals surface area contributed by atoms with E-state index < -0.39 is 17.0 Å². The van der Waals surface area contributed by atoms with Crippen LogP contribution in [-0.2, 0) is 0 Å². The summed E-state index contributed by atoms with van der Waals surface area (Å²) >= 11 is 9.60. The summed E-state index contributed by atoms with van der Waals surface area (Å²) in [6.07, 6.45) is 0. The van der Waals surface area contributed by atoms with Crippen molar-refractivity contribution in [1.82, 2.24) is 0 Å². The van der Waals surface area contributed by atoms with E-state index >= 15 is 0 Å². The van der Waals surface area contributed by atoms with Crippen molar-refractivity contribution in [2.75, 3.05) is 14.2 Å². The Morgan fingerprint density at radius 2 is 1.57 bits per heavy atom. The zero-order valence-electron chi connectivity index (χ0n) is 11.3. The SMILES string of the molecule is COc1cc(Br)c(C(Cl)c2c(F)cccc2F)cc1OC. The topological polar surface area (TPSA) is 18.5 Å². The van der Waals surface area contributed by atoms with E-state index in [0.29, 0.717) is 21.5 Å². The fraction of sp³-hybridized carbons (Fsp3) is 0.200. The molecule has 21 heavy (non-hydrogen) atoms. The van der Waals surface area contributed by atoms with Crippen LogP contribution in [0, 0.1) is 11.6 Å². The fourth-order valence-electron chi connectivity index (χ4n) is 1.97. The lowest BCUT2D eigenvalue weighted by molar-refractivity contribution is 0.354. The molecule has 0 radical (unpaired) electrons. The minimum atomic E-state index is -1.000. The zero-order valence-corrected chi connectivity index (χ0v) is 13.6. The molecular weight excluding hydrogens is 366 g/mol. The van der Waals surface area contributed by atoms with Crippen molar-refractivity contribution in [3.8, 4) is 11.5 Å². The molecule has 0 saturated heterocycles. The monoisotopic (exact) mass is 376 g/mol. The van der Waals surface area contributed by atoms with Gasteiger partial charge in [0, 0.05) is 10.0 Å². The second-order valence-electron chi connectivity index (χ2n) is 4.23. The van der Waals surface area contributed by atoms with Gasteiger partial charge in [0.05, 0.1) is 19.6 Å². The Hall–Kier alpha value is -1.33. The van der Waals surface area contributed by atoms with Gasteiger partial charge in [-0.1, -0.05) is 22.0 Å². The highest BCUT2D eigenvalue weighted by Gasteiger charge is 2.23. The maximum absolute atomic E-state index is 13.9. The van der Waals surface area contributed by atoms with Crippen LogP contribution in [0.2, 0.25) is 0 Å². The number of methoxy groups -OCH3 is 2. The average molecular weight is 378 g/mol. The standard InChI is InChI=1S/C15H12BrClF2O2/c1-20-12-6-8(9(16)7-13(12)21-2)15(17)14-10(18)4-3-5-11(14)19/h3-7,15H,1-2H3. The third-order valence-corrected chi connectivity index (χ3v) is 4.17. The lowest BCUT2D eigenvalue weighted by Gasteiger charge is -2.17. The van der Waals surface area contributed by atoms with E-state index in [1.807, 2.05) is 0 Å². The zero-order chi connectivity index (χ0) is 15.6. The average Bonchev–Trinajstić information content (AvgIpc) is 2.46. The van der Waals surface area contributed by atoms with Crippen molar-refractivity contribution in [2.24, 2.45) is 0 Å². The summed E-state index contributed by atoms with van der Waals surface area (Å²) in [7, 11) is 2.97. The summed E-state index contributed by atoms with van der Waals surface area (Å²) in [6.45, 7) is 0. The van der Waals surface area contributed by atoms with Crippen molar-refractivity contribution in [3.05, 3.63) is 57.6 Å². The van der Waals surface area contributed by atoms with Gasteiger partial charge >= 0.3 is 0 Å². The first-order chi connectivity index (χ1) is 9.99. The number of rotatable bonds is 4. The maximum atomic E-state index is 13.9. The molecule has 0 N–H and O–H groups in total. The van der Waals surface area contributed by atoms with E-state index in [-0.39, 0.29) is 5.56 Å². The van der Waals surface area contributed by atoms with Crippen molar-refractivity contribution in [2.45, 2.75) is 5.38 Å². The molecular formula is C15H12BrClF2O2. The third-order valence-electron chi connectivity index (χ3n) is 3.03. The molecule has 0 aromatic heterocycles. The van der Waals surface area contributed by atoms with Crippen molar-refractivity contribution in [3.63, 3.8) is 0 Å². The van der Waals surface area contributed by atoms with E-state index in [1.165, 1.54) is 32.4 Å². The van der Waals surface area contributed by atoms with Gasteiger partial charge in [-0.05, 0) is 29.8 Å². The van der Waals surface area contributed by atoms with E-state index in [1.54, 1.807) is 12.1 Å². The summed E-state index contributed by atoms with van der Waals surface area (Å²) in [5.41, 5.74) is 0.283. The molecule has 0 aliphatic heterocycles. The summed E-state index contributed by atoms with van der Waals surface area (Å²) in [6, 6.07) is 6.86. The summed E-state index contributed by atoms with van der Waals surface area (Å²) in [5, 5.41) is -1.000. The highest BCUT2D eigenvalue weighted by molar-refractivity contribution is 9.10. The van der Waals surface area contributed by atoms with Crippen LogP contribution >= 0.6 is 27.5 Å². The first-order valence-electron chi connectivity index (χ1n) is 5.99. The largest absolute Gasteiger partial charge is 0.493 e. The predicted molar refractivity (Wildman–Crippen MR) is 81.3 cm³/mol. The van der Waals surface area contributed by atoms with Gasteiger partial charge in [0.25, 0.3) is 0 Å². The van der Waals surface area contributed by atoms with Crippen LogP contribution in [0.4, 0.5) is 8.78 Å². The molecule has 2 nitrogen and oxygen atoms in total. The molecule has 2 aromatic carbocycles. The molecule has 0 aliphatic carbocycles. The summed E-state index contributed by atoms with van der Waals surface area (Å²) in [4.78, 5) is 0. The van der Waals surface area contributed by atoms with Crippen molar-refractivity contribution < 1.29 is 18.3 Å². The molecule has 2 rings (SSSR count). The lowest BCUT2D eigenvalue weighted by atomic mass is 10.0. The molecule has 6 heteroatoms. The number of alkyl halides is 1. The van der Waals surface area contributed by atoms with Crippen molar-refractivity contribution in [1.29, 1.82) is 0 Å². The van der Waals surface area contributed by atoms with E-state index in [4.69, 9.17) is 21.1 Å². The maximum Gasteiger partial charge on any atom is 0.161 e. The Bertz CT molecular complexity index is 644. The van der Waals surface area contributed by atoms with Crippen LogP contribution in [0.3, 0.4) is 0 Å². The summed E-state index contributed by atoms with van der Waals surface area (Å²) < 4.78 is 38.6. The second kappa shape index (κ2) is 6.62. The molecule has 1 atom stereocenters. The van der Waals surface area contributed by atoms with Gasteiger partial charge in [0.15, 0.2) is 11.5 Å². The summed E-state index contributed by atoms with van der Waals surface area (Å²) in [5.74, 6) is -0.475. The normalized spacial score (nSPS) is 12.1. The number of halogens is 4. The Morgan fingerprint density at radius 3 is 2.10 bits per heavy atom. The molecule has 2 aromatic rings. The van der Waals surface area contributed by atoms with Gasteiger partial charge in [-0.2, -0.15) is 0 Å². The minimum Gasteiger partial charge on any atom is -0.493 e. The smallest absolute Gasteiger partial charge is 0.161 e. The molecule has 112 valence electrons. The van der Waals surface area contributed by atoms with Crippen LogP contribution < -0.4 is 9.47 Å². The van der Waals surface area contributed by atoms with Crippen LogP contribution in [0.15, 0.2) is 34.8 Å². The fourth-order valence-corrected chi connectivity index (χ4v) is 3.04. The van der Waals surface area contributed by atoms with Crippen molar-refractivity contribution >= 4 is 27.5 Å². The van der Waals surface area contributed by atoms with Crippen LogP contribution in [0.25, 0.3) is 0 Å². The van der Waals surface area contributed by atoms with Gasteiger partial charge in [-0.3, -0.25) is 0 Å². The Labute approximate surface area is 134 Å². The molecule has 1 unspecified atom stereocenters.